The highest BCUT2D eigenvalue weighted by Gasteiger charge is 2.38. The Labute approximate surface area is 75.6 Å². The van der Waals surface area contributed by atoms with Gasteiger partial charge in [0, 0.05) is 25.9 Å². The zero-order valence-electron chi connectivity index (χ0n) is 7.01. The van der Waals surface area contributed by atoms with E-state index in [-0.39, 0.29) is 14.2 Å². The molecule has 0 aromatic carbocycles. The van der Waals surface area contributed by atoms with Crippen LogP contribution in [0, 0.1) is 0 Å². The van der Waals surface area contributed by atoms with Crippen LogP contribution in [0.1, 0.15) is 12.8 Å². The predicted molar refractivity (Wildman–Crippen MR) is 51.3 cm³/mol. The minimum atomic E-state index is -0.188. The van der Waals surface area contributed by atoms with Crippen molar-refractivity contribution in [2.75, 3.05) is 33.4 Å². The van der Waals surface area contributed by atoms with E-state index in [4.69, 9.17) is 9.47 Å². The minimum Gasteiger partial charge on any atom is -0.347 e. The topological polar surface area (TPSA) is 21.7 Å². The molecule has 2 aliphatic heterocycles. The quantitative estimate of drug-likeness (QED) is 0.448. The maximum atomic E-state index is 5.58. The first-order valence-electron chi connectivity index (χ1n) is 4.27. The second-order valence-electron chi connectivity index (χ2n) is 3.41. The molecule has 0 aromatic heterocycles. The maximum absolute atomic E-state index is 5.58. The van der Waals surface area contributed by atoms with E-state index in [9.17, 15) is 0 Å². The fourth-order valence-electron chi connectivity index (χ4n) is 1.74. The summed E-state index contributed by atoms with van der Waals surface area (Å²) >= 11 is 0. The normalized spacial score (nSPS) is 28.8. The van der Waals surface area contributed by atoms with Gasteiger partial charge in [0.2, 0.25) is 0 Å². The van der Waals surface area contributed by atoms with Crippen molar-refractivity contribution in [1.82, 2.24) is 4.90 Å². The molecule has 4 heteroatoms. The van der Waals surface area contributed by atoms with Crippen molar-refractivity contribution < 1.29 is 9.47 Å². The molecule has 0 N–H and O–H groups in total. The predicted octanol–water partition coefficient (Wildman–Crippen LogP) is -0.729. The largest absolute Gasteiger partial charge is 0.347 e. The van der Waals surface area contributed by atoms with Crippen molar-refractivity contribution in [3.05, 3.63) is 0 Å². The average molecular weight is 171 g/mol. The molecule has 3 nitrogen and oxygen atoms in total. The molecule has 1 spiro atoms. The van der Waals surface area contributed by atoms with Gasteiger partial charge in [-0.05, 0) is 7.05 Å². The van der Waals surface area contributed by atoms with Crippen molar-refractivity contribution in [2.24, 2.45) is 0 Å². The van der Waals surface area contributed by atoms with Gasteiger partial charge in [-0.1, -0.05) is 0 Å². The van der Waals surface area contributed by atoms with Gasteiger partial charge < -0.3 is 14.4 Å². The summed E-state index contributed by atoms with van der Waals surface area (Å²) in [6.45, 7) is 3.76. The van der Waals surface area contributed by atoms with E-state index in [1.54, 1.807) is 0 Å². The van der Waals surface area contributed by atoms with E-state index in [0.29, 0.717) is 0 Å². The summed E-state index contributed by atoms with van der Waals surface area (Å²) in [5.74, 6) is -0.188. The van der Waals surface area contributed by atoms with Gasteiger partial charge in [-0.3, -0.25) is 0 Å². The van der Waals surface area contributed by atoms with E-state index in [2.05, 4.69) is 11.9 Å². The number of nitrogens with zero attached hydrogens (tertiary/aromatic N) is 1. The molecule has 0 unspecified atom stereocenters. The Balaban J connectivity index is 0.000000720. The SMILES string of the molecule is B.CN1CCC2(CC1)OCCO2. The van der Waals surface area contributed by atoms with E-state index in [1.807, 2.05) is 0 Å². The van der Waals surface area contributed by atoms with Gasteiger partial charge in [-0.2, -0.15) is 0 Å². The second kappa shape index (κ2) is 3.77. The number of rotatable bonds is 0. The van der Waals surface area contributed by atoms with Crippen molar-refractivity contribution in [3.63, 3.8) is 0 Å². The minimum absolute atomic E-state index is 0. The van der Waals surface area contributed by atoms with Gasteiger partial charge in [-0.25, -0.2) is 0 Å². The summed E-state index contributed by atoms with van der Waals surface area (Å²) in [5.41, 5.74) is 0. The van der Waals surface area contributed by atoms with Crippen LogP contribution in [0.3, 0.4) is 0 Å². The Morgan fingerprint density at radius 3 is 2.08 bits per heavy atom. The van der Waals surface area contributed by atoms with Crippen molar-refractivity contribution >= 4 is 8.41 Å². The van der Waals surface area contributed by atoms with Crippen molar-refractivity contribution in [3.8, 4) is 0 Å². The number of hydrogen-bond donors (Lipinski definition) is 0. The summed E-state index contributed by atoms with van der Waals surface area (Å²) in [7, 11) is 2.14. The molecular weight excluding hydrogens is 153 g/mol. The molecule has 0 atom stereocenters. The molecule has 0 aliphatic carbocycles. The fraction of sp³-hybridized carbons (Fsp3) is 1.00. The average Bonchev–Trinajstić information content (AvgIpc) is 2.45. The molecule has 12 heavy (non-hydrogen) atoms. The first-order chi connectivity index (χ1) is 5.31. The molecule has 0 saturated carbocycles. The molecule has 0 bridgehead atoms. The molecule has 2 aliphatic rings. The first kappa shape index (κ1) is 10.0. The lowest BCUT2D eigenvalue weighted by Crippen LogP contribution is -2.43. The third-order valence-corrected chi connectivity index (χ3v) is 2.56. The summed E-state index contributed by atoms with van der Waals surface area (Å²) in [6, 6.07) is 0. The zero-order chi connectivity index (χ0) is 7.73. The molecule has 0 aromatic rings. The smallest absolute Gasteiger partial charge is 0.170 e. The number of likely N-dealkylation sites (tertiary alicyclic amines) is 1. The van der Waals surface area contributed by atoms with Gasteiger partial charge >= 0.3 is 0 Å². The Morgan fingerprint density at radius 2 is 1.58 bits per heavy atom. The van der Waals surface area contributed by atoms with Gasteiger partial charge in [0.15, 0.2) is 5.79 Å². The lowest BCUT2D eigenvalue weighted by molar-refractivity contribution is -0.183. The summed E-state index contributed by atoms with van der Waals surface area (Å²) < 4.78 is 11.2. The van der Waals surface area contributed by atoms with Crippen LogP contribution >= 0.6 is 0 Å². The van der Waals surface area contributed by atoms with Crippen LogP contribution in [-0.4, -0.2) is 52.5 Å². The van der Waals surface area contributed by atoms with Gasteiger partial charge in [-0.15, -0.1) is 0 Å². The van der Waals surface area contributed by atoms with E-state index < -0.39 is 0 Å². The molecule has 2 fully saturated rings. The third-order valence-electron chi connectivity index (χ3n) is 2.56. The van der Waals surface area contributed by atoms with Crippen molar-refractivity contribution in [1.29, 1.82) is 0 Å². The highest BCUT2D eigenvalue weighted by Crippen LogP contribution is 2.30. The van der Waals surface area contributed by atoms with E-state index >= 15 is 0 Å². The van der Waals surface area contributed by atoms with Gasteiger partial charge in [0.25, 0.3) is 0 Å². The number of hydrogen-bond acceptors (Lipinski definition) is 3. The Bertz CT molecular complexity index is 138. The van der Waals surface area contributed by atoms with E-state index in [0.717, 1.165) is 39.1 Å². The molecule has 2 rings (SSSR count). The van der Waals surface area contributed by atoms with Crippen LogP contribution < -0.4 is 0 Å². The highest BCUT2D eigenvalue weighted by atomic mass is 16.7. The summed E-state index contributed by atoms with van der Waals surface area (Å²) in [4.78, 5) is 2.32. The van der Waals surface area contributed by atoms with Crippen LogP contribution in [0.2, 0.25) is 0 Å². The van der Waals surface area contributed by atoms with E-state index in [1.165, 1.54) is 0 Å². The van der Waals surface area contributed by atoms with Crippen LogP contribution in [0.5, 0.6) is 0 Å². The maximum Gasteiger partial charge on any atom is 0.170 e. The Hall–Kier alpha value is -0.0551. The van der Waals surface area contributed by atoms with Gasteiger partial charge in [0.05, 0.1) is 21.6 Å². The first-order valence-corrected chi connectivity index (χ1v) is 4.27. The van der Waals surface area contributed by atoms with Crippen LogP contribution in [0.25, 0.3) is 0 Å². The molecule has 70 valence electrons. The summed E-state index contributed by atoms with van der Waals surface area (Å²) in [5, 5.41) is 0. The Kier molecular flexibility index (Phi) is 3.15. The standard InChI is InChI=1S/C8H15NO2.BH3/c1-9-4-2-8(3-5-9)10-6-7-11-8;/h2-7H2,1H3;1H3. The lowest BCUT2D eigenvalue weighted by Gasteiger charge is -2.35. The lowest BCUT2D eigenvalue weighted by atomic mass is 10.0. The van der Waals surface area contributed by atoms with Crippen LogP contribution in [0.15, 0.2) is 0 Å². The monoisotopic (exact) mass is 171 g/mol. The number of piperidine rings is 1. The van der Waals surface area contributed by atoms with Gasteiger partial charge in [0.1, 0.15) is 0 Å². The molecule has 2 saturated heterocycles. The molecule has 0 radical (unpaired) electrons. The molecular formula is C8H18BNO2. The zero-order valence-corrected chi connectivity index (χ0v) is 7.01. The number of ether oxygens (including phenoxy) is 2. The fourth-order valence-corrected chi connectivity index (χ4v) is 1.74. The van der Waals surface area contributed by atoms with Crippen LogP contribution in [-0.2, 0) is 9.47 Å². The highest BCUT2D eigenvalue weighted by molar-refractivity contribution is 5.75. The summed E-state index contributed by atoms with van der Waals surface area (Å²) in [6.07, 6.45) is 2.06. The molecule has 2 heterocycles. The molecule has 0 amide bonds. The second-order valence-corrected chi connectivity index (χ2v) is 3.41. The third kappa shape index (κ3) is 1.81. The van der Waals surface area contributed by atoms with Crippen LogP contribution in [0.4, 0.5) is 0 Å². The van der Waals surface area contributed by atoms with Crippen molar-refractivity contribution in [2.45, 2.75) is 18.6 Å². The Morgan fingerprint density at radius 1 is 1.08 bits per heavy atom.